The van der Waals surface area contributed by atoms with Crippen molar-refractivity contribution in [3.8, 4) is 5.69 Å². The molecule has 4 rings (SSSR count). The van der Waals surface area contributed by atoms with Gasteiger partial charge in [-0.15, -0.1) is 0 Å². The molecule has 0 spiro atoms. The van der Waals surface area contributed by atoms with E-state index in [-0.39, 0.29) is 0 Å². The van der Waals surface area contributed by atoms with Crippen LogP contribution in [0, 0.1) is 0 Å². The van der Waals surface area contributed by atoms with Gasteiger partial charge in [-0.2, -0.15) is 4.57 Å². The summed E-state index contributed by atoms with van der Waals surface area (Å²) < 4.78 is 5.03. The van der Waals surface area contributed by atoms with E-state index in [4.69, 9.17) is 0 Å². The van der Waals surface area contributed by atoms with Crippen LogP contribution in [-0.2, 0) is 19.4 Å². The predicted molar refractivity (Wildman–Crippen MR) is 133 cm³/mol. The smallest absolute Gasteiger partial charge is 0.233 e. The van der Waals surface area contributed by atoms with Crippen molar-refractivity contribution in [2.75, 3.05) is 0 Å². The zero-order valence-electron chi connectivity index (χ0n) is 19.5. The third-order valence-electron chi connectivity index (χ3n) is 6.29. The zero-order chi connectivity index (χ0) is 22.2. The molecule has 0 aliphatic rings. The highest BCUT2D eigenvalue weighted by Crippen LogP contribution is 2.22. The number of nitrogens with zero attached hydrogens (tertiary/aromatic N) is 2. The maximum Gasteiger partial charge on any atom is 0.266 e. The van der Waals surface area contributed by atoms with Gasteiger partial charge in [-0.3, -0.25) is 0 Å². The lowest BCUT2D eigenvalue weighted by Gasteiger charge is -2.11. The summed E-state index contributed by atoms with van der Waals surface area (Å²) in [5.41, 5.74) is 5.39. The summed E-state index contributed by atoms with van der Waals surface area (Å²) in [5, 5.41) is 0. The molecular weight excluding hydrogens is 388 g/mol. The average molecular weight is 424 g/mol. The van der Waals surface area contributed by atoms with Gasteiger partial charge in [-0.1, -0.05) is 99.1 Å². The Morgan fingerprint density at radius 1 is 0.781 bits per heavy atom. The van der Waals surface area contributed by atoms with Crippen molar-refractivity contribution in [1.29, 1.82) is 0 Å². The molecule has 0 N–H and O–H groups in total. The number of hydrogen-bond donors (Lipinski definition) is 0. The Balaban J connectivity index is 1.77. The molecule has 2 nitrogen and oxygen atoms in total. The van der Waals surface area contributed by atoms with Crippen molar-refractivity contribution in [3.63, 3.8) is 0 Å². The topological polar surface area (TPSA) is 8.81 Å². The van der Waals surface area contributed by atoms with E-state index in [1.54, 1.807) is 0 Å². The molecule has 32 heavy (non-hydrogen) atoms. The predicted octanol–water partition coefficient (Wildman–Crippen LogP) is 6.89. The second-order valence-corrected chi connectivity index (χ2v) is 8.79. The number of benzene rings is 3. The van der Waals surface area contributed by atoms with Crippen molar-refractivity contribution in [2.24, 2.45) is 0 Å². The Kier molecular flexibility index (Phi) is 7.55. The van der Waals surface area contributed by atoms with Crippen LogP contribution < -0.4 is 4.57 Å². The van der Waals surface area contributed by atoms with Crippen LogP contribution in [-0.4, -0.2) is 4.57 Å². The van der Waals surface area contributed by atoms with Crippen molar-refractivity contribution >= 4 is 0 Å². The van der Waals surface area contributed by atoms with E-state index in [0.717, 1.165) is 19.4 Å². The number of rotatable bonds is 10. The first-order valence-electron chi connectivity index (χ1n) is 12.0. The SMILES string of the molecule is CCCCCn1cc(CC(C)c2ccccc2)[n+](-c2ccccc2)c1Cc1ccccc1. The molecule has 4 aromatic rings. The molecule has 0 saturated heterocycles. The summed E-state index contributed by atoms with van der Waals surface area (Å²) in [4.78, 5) is 0. The minimum Gasteiger partial charge on any atom is -0.233 e. The first-order chi connectivity index (χ1) is 15.8. The molecule has 0 aliphatic heterocycles. The Morgan fingerprint density at radius 3 is 2.06 bits per heavy atom. The van der Waals surface area contributed by atoms with Crippen molar-refractivity contribution in [1.82, 2.24) is 4.57 Å². The number of hydrogen-bond acceptors (Lipinski definition) is 0. The van der Waals surface area contributed by atoms with Gasteiger partial charge >= 0.3 is 0 Å². The fourth-order valence-electron chi connectivity index (χ4n) is 4.54. The molecule has 0 radical (unpaired) electrons. The van der Waals surface area contributed by atoms with Crippen LogP contribution in [0.25, 0.3) is 5.69 Å². The largest absolute Gasteiger partial charge is 0.266 e. The van der Waals surface area contributed by atoms with E-state index in [1.165, 1.54) is 47.6 Å². The number of imidazole rings is 1. The summed E-state index contributed by atoms with van der Waals surface area (Å²) in [6.07, 6.45) is 8.09. The van der Waals surface area contributed by atoms with E-state index in [2.05, 4.69) is 120 Å². The molecule has 1 unspecified atom stereocenters. The minimum absolute atomic E-state index is 0.460. The monoisotopic (exact) mass is 423 g/mol. The summed E-state index contributed by atoms with van der Waals surface area (Å²) in [6.45, 7) is 5.69. The highest BCUT2D eigenvalue weighted by Gasteiger charge is 2.26. The number of para-hydroxylation sites is 1. The number of unbranched alkanes of at least 4 members (excludes halogenated alkanes) is 2. The maximum absolute atomic E-state index is 2.52. The summed E-state index contributed by atoms with van der Waals surface area (Å²) in [6, 6.07) is 32.6. The number of aryl methyl sites for hydroxylation is 1. The highest BCUT2D eigenvalue weighted by molar-refractivity contribution is 5.26. The van der Waals surface area contributed by atoms with Gasteiger partial charge in [0.2, 0.25) is 0 Å². The molecule has 0 aliphatic carbocycles. The van der Waals surface area contributed by atoms with Crippen LogP contribution in [0.3, 0.4) is 0 Å². The quantitative estimate of drug-likeness (QED) is 0.194. The van der Waals surface area contributed by atoms with Crippen LogP contribution >= 0.6 is 0 Å². The molecule has 164 valence electrons. The van der Waals surface area contributed by atoms with Gasteiger partial charge in [-0.25, -0.2) is 4.57 Å². The normalized spacial score (nSPS) is 12.1. The first-order valence-corrected chi connectivity index (χ1v) is 12.0. The summed E-state index contributed by atoms with van der Waals surface area (Å²) >= 11 is 0. The molecule has 0 amide bonds. The fourth-order valence-corrected chi connectivity index (χ4v) is 4.54. The molecule has 0 saturated carbocycles. The average Bonchev–Trinajstić information content (AvgIpc) is 3.17. The second kappa shape index (κ2) is 10.9. The lowest BCUT2D eigenvalue weighted by atomic mass is 9.96. The summed E-state index contributed by atoms with van der Waals surface area (Å²) in [7, 11) is 0. The van der Waals surface area contributed by atoms with Gasteiger partial charge in [0, 0.05) is 6.42 Å². The summed E-state index contributed by atoms with van der Waals surface area (Å²) in [5.74, 6) is 1.83. The molecular formula is C30H35N2+. The van der Waals surface area contributed by atoms with Gasteiger partial charge in [0.25, 0.3) is 5.82 Å². The van der Waals surface area contributed by atoms with E-state index in [1.807, 2.05) is 0 Å². The van der Waals surface area contributed by atoms with Crippen LogP contribution in [0.15, 0.2) is 97.2 Å². The Morgan fingerprint density at radius 2 is 1.41 bits per heavy atom. The van der Waals surface area contributed by atoms with Gasteiger partial charge in [0.1, 0.15) is 17.6 Å². The van der Waals surface area contributed by atoms with Crippen LogP contribution in [0.1, 0.15) is 61.7 Å². The Labute approximate surface area is 193 Å². The zero-order valence-corrected chi connectivity index (χ0v) is 19.5. The molecule has 1 atom stereocenters. The fraction of sp³-hybridized carbons (Fsp3) is 0.300. The van der Waals surface area contributed by atoms with Crippen LogP contribution in [0.4, 0.5) is 0 Å². The van der Waals surface area contributed by atoms with Crippen molar-refractivity contribution in [3.05, 3.63) is 120 Å². The van der Waals surface area contributed by atoms with Crippen molar-refractivity contribution in [2.45, 2.75) is 58.4 Å². The van der Waals surface area contributed by atoms with E-state index < -0.39 is 0 Å². The van der Waals surface area contributed by atoms with Crippen LogP contribution in [0.2, 0.25) is 0 Å². The lowest BCUT2D eigenvalue weighted by molar-refractivity contribution is -0.612. The van der Waals surface area contributed by atoms with Gasteiger partial charge in [0.15, 0.2) is 0 Å². The molecule has 1 heterocycles. The Bertz CT molecular complexity index is 1080. The molecule has 3 aromatic carbocycles. The standard InChI is InChI=1S/C30H35N2/c1-3-4-14-21-31-24-29(22-25(2)27-17-10-6-11-18-27)32(28-19-12-7-13-20-28)30(31)23-26-15-8-5-9-16-26/h5-13,15-20,24-25H,3-4,14,21-23H2,1-2H3/q+1. The third-order valence-corrected chi connectivity index (χ3v) is 6.29. The highest BCUT2D eigenvalue weighted by atomic mass is 15.2. The first kappa shape index (κ1) is 22.1. The van der Waals surface area contributed by atoms with E-state index in [0.29, 0.717) is 5.92 Å². The van der Waals surface area contributed by atoms with Crippen LogP contribution in [0.5, 0.6) is 0 Å². The number of aromatic nitrogens is 2. The maximum atomic E-state index is 2.52. The van der Waals surface area contributed by atoms with Gasteiger partial charge in [0.05, 0.1) is 13.0 Å². The van der Waals surface area contributed by atoms with E-state index >= 15 is 0 Å². The van der Waals surface area contributed by atoms with Crippen molar-refractivity contribution < 1.29 is 4.57 Å². The molecule has 0 bridgehead atoms. The lowest BCUT2D eigenvalue weighted by Crippen LogP contribution is -2.39. The Hall–Kier alpha value is -3.13. The second-order valence-electron chi connectivity index (χ2n) is 8.79. The van der Waals surface area contributed by atoms with Gasteiger partial charge < -0.3 is 0 Å². The minimum atomic E-state index is 0.460. The third kappa shape index (κ3) is 5.37. The molecule has 2 heteroatoms. The van der Waals surface area contributed by atoms with E-state index in [9.17, 15) is 0 Å². The molecule has 1 aromatic heterocycles. The molecule has 0 fully saturated rings. The van der Waals surface area contributed by atoms with Gasteiger partial charge in [-0.05, 0) is 42.0 Å².